The Morgan fingerprint density at radius 2 is 2.05 bits per heavy atom. The van der Waals surface area contributed by atoms with E-state index in [0.29, 0.717) is 0 Å². The van der Waals surface area contributed by atoms with Gasteiger partial charge >= 0.3 is 0 Å². The van der Waals surface area contributed by atoms with Gasteiger partial charge in [0.25, 0.3) is 0 Å². The number of hydrogen-bond donors (Lipinski definition) is 1. The molecule has 0 saturated carbocycles. The number of piperazine rings is 1. The number of methoxy groups -OCH3 is 1. The molecule has 1 aromatic carbocycles. The van der Waals surface area contributed by atoms with Gasteiger partial charge in [-0.25, -0.2) is 4.98 Å². The second-order valence-corrected chi connectivity index (χ2v) is 5.33. The second kappa shape index (κ2) is 5.46. The molecule has 0 bridgehead atoms. The molecule has 1 saturated heterocycles. The summed E-state index contributed by atoms with van der Waals surface area (Å²) in [5, 5.41) is 5.16. The lowest BCUT2D eigenvalue weighted by atomic mass is 10.1. The van der Waals surface area contributed by atoms with Crippen molar-refractivity contribution >= 4 is 28.2 Å². The van der Waals surface area contributed by atoms with Crippen molar-refractivity contribution in [1.29, 1.82) is 0 Å². The third-order valence-electron chi connectivity index (χ3n) is 3.71. The molecule has 0 atom stereocenters. The molecule has 2 heterocycles. The van der Waals surface area contributed by atoms with Crippen molar-refractivity contribution in [1.82, 2.24) is 10.3 Å². The Hall–Kier alpha value is -1.52. The zero-order valence-electron chi connectivity index (χ0n) is 11.7. The summed E-state index contributed by atoms with van der Waals surface area (Å²) in [4.78, 5) is 6.93. The molecule has 106 valence electrons. The highest BCUT2D eigenvalue weighted by Crippen LogP contribution is 2.38. The first-order valence-electron chi connectivity index (χ1n) is 6.81. The molecule has 1 aromatic heterocycles. The van der Waals surface area contributed by atoms with Crippen molar-refractivity contribution in [3.05, 3.63) is 28.9 Å². The summed E-state index contributed by atoms with van der Waals surface area (Å²) >= 11 is 6.54. The third kappa shape index (κ3) is 2.19. The molecule has 5 heteroatoms. The van der Waals surface area contributed by atoms with E-state index in [0.717, 1.165) is 59.2 Å². The quantitative estimate of drug-likeness (QED) is 0.923. The number of rotatable bonds is 2. The molecular weight excluding hydrogens is 274 g/mol. The Kier molecular flexibility index (Phi) is 3.68. The van der Waals surface area contributed by atoms with Crippen molar-refractivity contribution in [3.63, 3.8) is 0 Å². The number of nitrogens with zero attached hydrogens (tertiary/aromatic N) is 2. The van der Waals surface area contributed by atoms with Gasteiger partial charge < -0.3 is 15.0 Å². The van der Waals surface area contributed by atoms with Crippen LogP contribution >= 0.6 is 11.6 Å². The minimum absolute atomic E-state index is 0.743. The van der Waals surface area contributed by atoms with Gasteiger partial charge in [0.05, 0.1) is 23.5 Å². The number of ether oxygens (including phenoxy) is 1. The number of para-hydroxylation sites is 1. The van der Waals surface area contributed by atoms with Crippen molar-refractivity contribution in [2.24, 2.45) is 0 Å². The van der Waals surface area contributed by atoms with Crippen LogP contribution in [0.2, 0.25) is 5.02 Å². The van der Waals surface area contributed by atoms with E-state index < -0.39 is 0 Å². The smallest absolute Gasteiger partial charge is 0.145 e. The van der Waals surface area contributed by atoms with Gasteiger partial charge in [0.2, 0.25) is 0 Å². The van der Waals surface area contributed by atoms with Crippen LogP contribution in [0.15, 0.2) is 18.2 Å². The molecule has 3 rings (SSSR count). The van der Waals surface area contributed by atoms with Crippen molar-refractivity contribution < 1.29 is 4.74 Å². The highest BCUT2D eigenvalue weighted by molar-refractivity contribution is 6.35. The summed E-state index contributed by atoms with van der Waals surface area (Å²) in [6.45, 7) is 5.80. The molecule has 1 aliphatic heterocycles. The van der Waals surface area contributed by atoms with E-state index in [1.165, 1.54) is 0 Å². The van der Waals surface area contributed by atoms with E-state index >= 15 is 0 Å². The van der Waals surface area contributed by atoms with Gasteiger partial charge in [0.1, 0.15) is 11.3 Å². The van der Waals surface area contributed by atoms with E-state index in [9.17, 15) is 0 Å². The van der Waals surface area contributed by atoms with Crippen LogP contribution in [-0.4, -0.2) is 38.3 Å². The van der Waals surface area contributed by atoms with Crippen LogP contribution in [0, 0.1) is 6.92 Å². The SMILES string of the molecule is COc1cccc2c(N3CCNCC3)c(Cl)c(C)nc12. The third-order valence-corrected chi connectivity index (χ3v) is 4.16. The zero-order valence-corrected chi connectivity index (χ0v) is 12.5. The van der Waals surface area contributed by atoms with Gasteiger partial charge in [-0.15, -0.1) is 0 Å². The summed E-state index contributed by atoms with van der Waals surface area (Å²) in [6, 6.07) is 5.98. The second-order valence-electron chi connectivity index (χ2n) is 4.95. The van der Waals surface area contributed by atoms with Crippen LogP contribution in [0.4, 0.5) is 5.69 Å². The average Bonchev–Trinajstić information content (AvgIpc) is 2.49. The first kappa shape index (κ1) is 13.5. The zero-order chi connectivity index (χ0) is 14.1. The van der Waals surface area contributed by atoms with Gasteiger partial charge in [0, 0.05) is 31.6 Å². The number of benzene rings is 1. The summed E-state index contributed by atoms with van der Waals surface area (Å²) < 4.78 is 5.43. The molecule has 0 spiro atoms. The van der Waals surface area contributed by atoms with Crippen LogP contribution < -0.4 is 15.0 Å². The molecule has 0 aliphatic carbocycles. The Balaban J connectivity index is 2.25. The fourth-order valence-electron chi connectivity index (χ4n) is 2.70. The van der Waals surface area contributed by atoms with Gasteiger partial charge in [-0.05, 0) is 13.0 Å². The topological polar surface area (TPSA) is 37.4 Å². The highest BCUT2D eigenvalue weighted by Gasteiger charge is 2.20. The predicted molar refractivity (Wildman–Crippen MR) is 83.1 cm³/mol. The fraction of sp³-hybridized carbons (Fsp3) is 0.400. The van der Waals surface area contributed by atoms with Crippen molar-refractivity contribution in [3.8, 4) is 5.75 Å². The Bertz CT molecular complexity index is 639. The van der Waals surface area contributed by atoms with Gasteiger partial charge in [-0.2, -0.15) is 0 Å². The molecule has 4 nitrogen and oxygen atoms in total. The number of fused-ring (bicyclic) bond motifs is 1. The molecule has 0 radical (unpaired) electrons. The number of aryl methyl sites for hydroxylation is 1. The van der Waals surface area contributed by atoms with E-state index in [-0.39, 0.29) is 0 Å². The number of anilines is 1. The fourth-order valence-corrected chi connectivity index (χ4v) is 2.96. The standard InChI is InChI=1S/C15H18ClN3O/c1-10-13(16)15(19-8-6-17-7-9-19)11-4-3-5-12(20-2)14(11)18-10/h3-5,17H,6-9H2,1-2H3. The maximum Gasteiger partial charge on any atom is 0.145 e. The monoisotopic (exact) mass is 291 g/mol. The largest absolute Gasteiger partial charge is 0.494 e. The van der Waals surface area contributed by atoms with Crippen LogP contribution in [0.3, 0.4) is 0 Å². The van der Waals surface area contributed by atoms with Crippen LogP contribution in [0.25, 0.3) is 10.9 Å². The first-order chi connectivity index (χ1) is 9.72. The maximum absolute atomic E-state index is 6.54. The minimum atomic E-state index is 0.743. The lowest BCUT2D eigenvalue weighted by Crippen LogP contribution is -2.43. The lowest BCUT2D eigenvalue weighted by molar-refractivity contribution is 0.419. The van der Waals surface area contributed by atoms with Crippen molar-refractivity contribution in [2.45, 2.75) is 6.92 Å². The molecule has 1 N–H and O–H groups in total. The number of hydrogen-bond acceptors (Lipinski definition) is 4. The summed E-state index contributed by atoms with van der Waals surface area (Å²) in [6.07, 6.45) is 0. The van der Waals surface area contributed by atoms with Gasteiger partial charge in [-0.3, -0.25) is 0 Å². The highest BCUT2D eigenvalue weighted by atomic mass is 35.5. The number of aromatic nitrogens is 1. The number of nitrogens with one attached hydrogen (secondary N) is 1. The van der Waals surface area contributed by atoms with Crippen LogP contribution in [-0.2, 0) is 0 Å². The van der Waals surface area contributed by atoms with E-state index in [2.05, 4.69) is 21.3 Å². The summed E-state index contributed by atoms with van der Waals surface area (Å²) in [5.41, 5.74) is 2.80. The van der Waals surface area contributed by atoms with Crippen LogP contribution in [0.5, 0.6) is 5.75 Å². The Morgan fingerprint density at radius 1 is 1.30 bits per heavy atom. The molecule has 0 amide bonds. The Morgan fingerprint density at radius 3 is 2.75 bits per heavy atom. The van der Waals surface area contributed by atoms with Crippen molar-refractivity contribution in [2.75, 3.05) is 38.2 Å². The number of pyridine rings is 1. The molecule has 1 aliphatic rings. The normalized spacial score (nSPS) is 15.7. The lowest BCUT2D eigenvalue weighted by Gasteiger charge is -2.31. The van der Waals surface area contributed by atoms with Gasteiger partial charge in [0.15, 0.2) is 0 Å². The Labute approximate surface area is 123 Å². The molecule has 0 unspecified atom stereocenters. The molecule has 20 heavy (non-hydrogen) atoms. The molecule has 1 fully saturated rings. The molecule has 2 aromatic rings. The summed E-state index contributed by atoms with van der Waals surface area (Å²) in [5.74, 6) is 0.790. The van der Waals surface area contributed by atoms with E-state index in [1.54, 1.807) is 7.11 Å². The average molecular weight is 292 g/mol. The minimum Gasteiger partial charge on any atom is -0.494 e. The maximum atomic E-state index is 6.54. The molecular formula is C15H18ClN3O. The summed E-state index contributed by atoms with van der Waals surface area (Å²) in [7, 11) is 1.67. The van der Waals surface area contributed by atoms with E-state index in [4.69, 9.17) is 16.3 Å². The van der Waals surface area contributed by atoms with Crippen LogP contribution in [0.1, 0.15) is 5.69 Å². The predicted octanol–water partition coefficient (Wildman–Crippen LogP) is 2.61. The van der Waals surface area contributed by atoms with Gasteiger partial charge in [-0.1, -0.05) is 23.7 Å². The number of halogens is 1. The van der Waals surface area contributed by atoms with E-state index in [1.807, 2.05) is 19.1 Å². The first-order valence-corrected chi connectivity index (χ1v) is 7.18.